The zero-order valence-corrected chi connectivity index (χ0v) is 13.7. The molecule has 1 heterocycles. The van der Waals surface area contributed by atoms with Crippen molar-refractivity contribution < 1.29 is 14.4 Å². The van der Waals surface area contributed by atoms with Crippen molar-refractivity contribution in [3.8, 4) is 0 Å². The van der Waals surface area contributed by atoms with Gasteiger partial charge in [-0.3, -0.25) is 0 Å². The van der Waals surface area contributed by atoms with Gasteiger partial charge in [0.1, 0.15) is 0 Å². The number of hydrogen-bond acceptors (Lipinski definition) is 3. The van der Waals surface area contributed by atoms with E-state index in [4.69, 9.17) is 14.4 Å². The van der Waals surface area contributed by atoms with E-state index < -0.39 is 0 Å². The van der Waals surface area contributed by atoms with E-state index in [1.165, 1.54) is 0 Å². The second-order valence-electron chi connectivity index (χ2n) is 7.07. The van der Waals surface area contributed by atoms with E-state index in [0.717, 1.165) is 36.9 Å². The van der Waals surface area contributed by atoms with E-state index in [9.17, 15) is 0 Å². The van der Waals surface area contributed by atoms with Crippen molar-refractivity contribution in [3.63, 3.8) is 0 Å². The minimum atomic E-state index is -0.342. The van der Waals surface area contributed by atoms with E-state index in [1.807, 2.05) is 24.3 Å². The van der Waals surface area contributed by atoms with Crippen LogP contribution in [0.15, 0.2) is 24.3 Å². The van der Waals surface area contributed by atoms with Crippen molar-refractivity contribution in [3.05, 3.63) is 29.8 Å². The summed E-state index contributed by atoms with van der Waals surface area (Å²) in [5.41, 5.74) is 1.75. The molecule has 0 aliphatic carbocycles. The number of aliphatic hydroxyl groups excluding tert-OH is 1. The maximum absolute atomic E-state index is 9.15. The lowest BCUT2D eigenvalue weighted by molar-refractivity contribution is -0.0286. The van der Waals surface area contributed by atoms with Crippen molar-refractivity contribution in [2.45, 2.75) is 59.2 Å². The van der Waals surface area contributed by atoms with Crippen LogP contribution < -0.4 is 5.46 Å². The molecule has 2 rings (SSSR count). The Bertz CT molecular complexity index is 454. The Hall–Kier alpha value is -0.835. The van der Waals surface area contributed by atoms with Gasteiger partial charge in [-0.25, -0.2) is 0 Å². The van der Waals surface area contributed by atoms with Crippen LogP contribution in [0.25, 0.3) is 0 Å². The Morgan fingerprint density at radius 2 is 1.76 bits per heavy atom. The molecule has 3 nitrogen and oxygen atoms in total. The summed E-state index contributed by atoms with van der Waals surface area (Å²) < 4.78 is 12.3. The quantitative estimate of drug-likeness (QED) is 0.851. The summed E-state index contributed by atoms with van der Waals surface area (Å²) in [6.07, 6.45) is 3.36. The molecule has 0 bridgehead atoms. The predicted octanol–water partition coefficient (Wildman–Crippen LogP) is 2.90. The minimum absolute atomic E-state index is 0.0607. The Morgan fingerprint density at radius 1 is 1.10 bits per heavy atom. The first-order valence-electron chi connectivity index (χ1n) is 7.85. The minimum Gasteiger partial charge on any atom is -0.407 e. The molecule has 0 aromatic heterocycles. The fraction of sp³-hybridized carbons (Fsp3) is 0.647. The average molecular weight is 290 g/mol. The zero-order chi connectivity index (χ0) is 15.5. The Labute approximate surface area is 128 Å². The van der Waals surface area contributed by atoms with Gasteiger partial charge in [-0.1, -0.05) is 44.5 Å². The summed E-state index contributed by atoms with van der Waals surface area (Å²) in [6.45, 7) is 9.62. The highest BCUT2D eigenvalue weighted by Crippen LogP contribution is 2.39. The molecule has 1 aromatic carbocycles. The van der Waals surface area contributed by atoms with Gasteiger partial charge in [0.25, 0.3) is 0 Å². The summed E-state index contributed by atoms with van der Waals surface area (Å²) in [4.78, 5) is 0. The van der Waals surface area contributed by atoms with E-state index >= 15 is 0 Å². The topological polar surface area (TPSA) is 38.7 Å². The molecule has 1 saturated heterocycles. The van der Waals surface area contributed by atoms with Gasteiger partial charge >= 0.3 is 7.12 Å². The summed E-state index contributed by atoms with van der Waals surface area (Å²) in [7, 11) is -0.342. The van der Waals surface area contributed by atoms with E-state index in [0.29, 0.717) is 0 Å². The van der Waals surface area contributed by atoms with E-state index in [1.54, 1.807) is 0 Å². The molecule has 1 aliphatic rings. The van der Waals surface area contributed by atoms with E-state index in [-0.39, 0.29) is 24.7 Å². The summed E-state index contributed by atoms with van der Waals surface area (Å²) in [6, 6.07) is 7.81. The lowest BCUT2D eigenvalue weighted by Crippen LogP contribution is -2.50. The highest BCUT2D eigenvalue weighted by atomic mass is 16.6. The van der Waals surface area contributed by atoms with Gasteiger partial charge in [0.2, 0.25) is 0 Å². The highest BCUT2D eigenvalue weighted by molar-refractivity contribution is 6.61. The molecule has 0 amide bonds. The molecular weight excluding hydrogens is 263 g/mol. The normalized spacial score (nSPS) is 22.2. The lowest BCUT2D eigenvalue weighted by atomic mass is 9.70. The van der Waals surface area contributed by atoms with Crippen LogP contribution in [-0.4, -0.2) is 24.4 Å². The number of hydrogen-bond donors (Lipinski definition) is 1. The standard InChI is InChI=1S/C17H27BO3/c1-16(2)11-5-6-12-20-18(21-17(16,3)4)15-9-7-14(13-19)8-10-15/h7-10,19H,5-6,11-13H2,1-4H3. The molecule has 0 atom stereocenters. The predicted molar refractivity (Wildman–Crippen MR) is 86.5 cm³/mol. The molecule has 0 radical (unpaired) electrons. The highest BCUT2D eigenvalue weighted by Gasteiger charge is 2.42. The van der Waals surface area contributed by atoms with Crippen molar-refractivity contribution in [2.75, 3.05) is 6.61 Å². The van der Waals surface area contributed by atoms with Crippen molar-refractivity contribution >= 4 is 12.6 Å². The van der Waals surface area contributed by atoms with Gasteiger partial charge in [-0.05, 0) is 43.1 Å². The molecule has 1 aliphatic heterocycles. The molecular formula is C17H27BO3. The van der Waals surface area contributed by atoms with Crippen LogP contribution in [0.5, 0.6) is 0 Å². The maximum atomic E-state index is 9.15. The molecule has 1 N–H and O–H groups in total. The third-order valence-corrected chi connectivity index (χ3v) is 4.93. The van der Waals surface area contributed by atoms with Gasteiger partial charge < -0.3 is 14.4 Å². The van der Waals surface area contributed by atoms with Gasteiger partial charge in [0.15, 0.2) is 0 Å². The molecule has 0 saturated carbocycles. The molecule has 21 heavy (non-hydrogen) atoms. The van der Waals surface area contributed by atoms with Crippen LogP contribution in [0, 0.1) is 5.41 Å². The van der Waals surface area contributed by atoms with Gasteiger partial charge in [0.05, 0.1) is 12.2 Å². The fourth-order valence-electron chi connectivity index (χ4n) is 2.57. The van der Waals surface area contributed by atoms with Crippen LogP contribution in [0.3, 0.4) is 0 Å². The monoisotopic (exact) mass is 290 g/mol. The SMILES string of the molecule is CC1(C)CCCCOB(c2ccc(CO)cc2)OC1(C)C. The van der Waals surface area contributed by atoms with Gasteiger partial charge in [-0.2, -0.15) is 0 Å². The Balaban J connectivity index is 2.23. The van der Waals surface area contributed by atoms with Crippen LogP contribution in [0.2, 0.25) is 0 Å². The van der Waals surface area contributed by atoms with Gasteiger partial charge in [-0.15, -0.1) is 0 Å². The molecule has 1 fully saturated rings. The number of rotatable bonds is 2. The van der Waals surface area contributed by atoms with Crippen molar-refractivity contribution in [1.29, 1.82) is 0 Å². The zero-order valence-electron chi connectivity index (χ0n) is 13.7. The molecule has 0 spiro atoms. The second kappa shape index (κ2) is 6.51. The van der Waals surface area contributed by atoms with Crippen LogP contribution in [-0.2, 0) is 15.9 Å². The van der Waals surface area contributed by atoms with Crippen LogP contribution >= 0.6 is 0 Å². The second-order valence-corrected chi connectivity index (χ2v) is 7.07. The first-order valence-corrected chi connectivity index (χ1v) is 7.85. The maximum Gasteiger partial charge on any atom is 0.494 e. The van der Waals surface area contributed by atoms with Crippen molar-refractivity contribution in [2.24, 2.45) is 5.41 Å². The molecule has 0 unspecified atom stereocenters. The average Bonchev–Trinajstić information content (AvgIpc) is 2.49. The third-order valence-electron chi connectivity index (χ3n) is 4.93. The third kappa shape index (κ3) is 3.88. The summed E-state index contributed by atoms with van der Waals surface area (Å²) >= 11 is 0. The first kappa shape index (κ1) is 16.5. The summed E-state index contributed by atoms with van der Waals surface area (Å²) in [5, 5.41) is 9.15. The Morgan fingerprint density at radius 3 is 2.38 bits per heavy atom. The van der Waals surface area contributed by atoms with Crippen LogP contribution in [0.1, 0.15) is 52.5 Å². The lowest BCUT2D eigenvalue weighted by Gasteiger charge is -2.42. The van der Waals surface area contributed by atoms with E-state index in [2.05, 4.69) is 27.7 Å². The number of aliphatic hydroxyl groups is 1. The smallest absolute Gasteiger partial charge is 0.407 e. The molecule has 1 aromatic rings. The molecule has 4 heteroatoms. The fourth-order valence-corrected chi connectivity index (χ4v) is 2.57. The summed E-state index contributed by atoms with van der Waals surface area (Å²) in [5.74, 6) is 0. The number of benzene rings is 1. The molecule has 116 valence electrons. The Kier molecular flexibility index (Phi) is 5.13. The first-order chi connectivity index (χ1) is 9.86. The largest absolute Gasteiger partial charge is 0.494 e. The van der Waals surface area contributed by atoms with Crippen molar-refractivity contribution in [1.82, 2.24) is 0 Å². The van der Waals surface area contributed by atoms with Gasteiger partial charge in [0, 0.05) is 6.61 Å². The van der Waals surface area contributed by atoms with Crippen LogP contribution in [0.4, 0.5) is 0 Å².